The minimum atomic E-state index is -0.0879. The molecule has 0 fully saturated rings. The molecule has 0 bridgehead atoms. The van der Waals surface area contributed by atoms with Crippen molar-refractivity contribution in [3.05, 3.63) is 52.7 Å². The Kier molecular flexibility index (Phi) is 2.96. The largest absolute Gasteiger partial charge is 0.398 e. The van der Waals surface area contributed by atoms with E-state index in [0.29, 0.717) is 11.4 Å². The van der Waals surface area contributed by atoms with E-state index >= 15 is 0 Å². The van der Waals surface area contributed by atoms with Gasteiger partial charge in [0, 0.05) is 17.4 Å². The number of hydrogen-bond donors (Lipinski definition) is 2. The lowest BCUT2D eigenvalue weighted by Gasteiger charge is -2.20. The number of amides is 1. The number of nitrogens with one attached hydrogen (secondary N) is 1. The van der Waals surface area contributed by atoms with Gasteiger partial charge in [-0.3, -0.25) is 4.79 Å². The predicted octanol–water partition coefficient (Wildman–Crippen LogP) is 3.04. The SMILES string of the molecule is Nc1ccc(C=C2C(=O)Nc3ncccc32)c2c1CCCC2. The molecule has 2 heterocycles. The summed E-state index contributed by atoms with van der Waals surface area (Å²) in [5, 5.41) is 2.82. The number of nitrogen functional groups attached to an aromatic ring is 1. The molecule has 2 aromatic rings. The van der Waals surface area contributed by atoms with Gasteiger partial charge in [-0.2, -0.15) is 0 Å². The molecule has 1 amide bonds. The Labute approximate surface area is 129 Å². The maximum Gasteiger partial charge on any atom is 0.257 e. The number of fused-ring (bicyclic) bond motifs is 2. The molecule has 1 aromatic carbocycles. The summed E-state index contributed by atoms with van der Waals surface area (Å²) in [6.45, 7) is 0. The molecule has 1 aliphatic carbocycles. The molecule has 0 atom stereocenters. The van der Waals surface area contributed by atoms with Crippen molar-refractivity contribution >= 4 is 29.1 Å². The second-order valence-electron chi connectivity index (χ2n) is 5.82. The zero-order chi connectivity index (χ0) is 15.1. The summed E-state index contributed by atoms with van der Waals surface area (Å²) in [6.07, 6.45) is 8.09. The van der Waals surface area contributed by atoms with Crippen LogP contribution in [0.15, 0.2) is 30.5 Å². The third kappa shape index (κ3) is 1.99. The van der Waals surface area contributed by atoms with E-state index in [4.69, 9.17) is 5.73 Å². The Hall–Kier alpha value is -2.62. The summed E-state index contributed by atoms with van der Waals surface area (Å²) in [4.78, 5) is 16.4. The van der Waals surface area contributed by atoms with E-state index in [9.17, 15) is 4.79 Å². The van der Waals surface area contributed by atoms with Gasteiger partial charge in [-0.25, -0.2) is 4.98 Å². The Bertz CT molecular complexity index is 808. The maximum absolute atomic E-state index is 12.2. The van der Waals surface area contributed by atoms with Gasteiger partial charge in [0.15, 0.2) is 0 Å². The summed E-state index contributed by atoms with van der Waals surface area (Å²) in [7, 11) is 0. The zero-order valence-corrected chi connectivity index (χ0v) is 12.2. The molecule has 3 N–H and O–H groups in total. The first-order chi connectivity index (χ1) is 10.7. The molecule has 1 aliphatic heterocycles. The lowest BCUT2D eigenvalue weighted by atomic mass is 9.86. The van der Waals surface area contributed by atoms with Gasteiger partial charge < -0.3 is 11.1 Å². The van der Waals surface area contributed by atoms with Crippen LogP contribution in [0.25, 0.3) is 11.6 Å². The van der Waals surface area contributed by atoms with E-state index < -0.39 is 0 Å². The highest BCUT2D eigenvalue weighted by atomic mass is 16.2. The molecule has 4 heteroatoms. The fraction of sp³-hybridized carbons (Fsp3) is 0.222. The Morgan fingerprint density at radius 1 is 1.14 bits per heavy atom. The fourth-order valence-corrected chi connectivity index (χ4v) is 3.38. The van der Waals surface area contributed by atoms with Crippen molar-refractivity contribution in [3.63, 3.8) is 0 Å². The van der Waals surface area contributed by atoms with Gasteiger partial charge in [-0.05, 0) is 66.6 Å². The summed E-state index contributed by atoms with van der Waals surface area (Å²) < 4.78 is 0. The van der Waals surface area contributed by atoms with E-state index in [-0.39, 0.29) is 5.91 Å². The molecule has 0 radical (unpaired) electrons. The monoisotopic (exact) mass is 291 g/mol. The van der Waals surface area contributed by atoms with Crippen LogP contribution in [0.4, 0.5) is 11.5 Å². The highest BCUT2D eigenvalue weighted by Crippen LogP contribution is 2.34. The smallest absolute Gasteiger partial charge is 0.257 e. The Morgan fingerprint density at radius 2 is 1.95 bits per heavy atom. The van der Waals surface area contributed by atoms with Crippen LogP contribution < -0.4 is 11.1 Å². The van der Waals surface area contributed by atoms with Crippen LogP contribution in [0.5, 0.6) is 0 Å². The second-order valence-corrected chi connectivity index (χ2v) is 5.82. The van der Waals surface area contributed by atoms with Gasteiger partial charge in [0.1, 0.15) is 5.82 Å². The van der Waals surface area contributed by atoms with Crippen molar-refractivity contribution < 1.29 is 4.79 Å². The van der Waals surface area contributed by atoms with Crippen molar-refractivity contribution in [2.75, 3.05) is 11.1 Å². The fourth-order valence-electron chi connectivity index (χ4n) is 3.38. The summed E-state index contributed by atoms with van der Waals surface area (Å²) in [5.74, 6) is 0.554. The number of carbonyl (C=O) groups is 1. The molecule has 0 saturated carbocycles. The van der Waals surface area contributed by atoms with E-state index in [1.54, 1.807) is 6.20 Å². The van der Waals surface area contributed by atoms with Gasteiger partial charge in [0.05, 0.1) is 5.57 Å². The number of benzene rings is 1. The first-order valence-corrected chi connectivity index (χ1v) is 7.63. The average molecular weight is 291 g/mol. The number of pyridine rings is 1. The molecular weight excluding hydrogens is 274 g/mol. The number of hydrogen-bond acceptors (Lipinski definition) is 3. The molecule has 0 spiro atoms. The van der Waals surface area contributed by atoms with E-state index in [1.807, 2.05) is 30.3 Å². The number of aromatic nitrogens is 1. The third-order valence-electron chi connectivity index (χ3n) is 4.48. The molecule has 4 rings (SSSR count). The second kappa shape index (κ2) is 4.98. The minimum Gasteiger partial charge on any atom is -0.398 e. The van der Waals surface area contributed by atoms with E-state index in [1.165, 1.54) is 24.0 Å². The molecule has 1 aromatic heterocycles. The molecule has 4 nitrogen and oxygen atoms in total. The van der Waals surface area contributed by atoms with Crippen molar-refractivity contribution in [2.24, 2.45) is 0 Å². The van der Waals surface area contributed by atoms with Crippen LogP contribution in [0, 0.1) is 0 Å². The Balaban J connectivity index is 1.86. The van der Waals surface area contributed by atoms with Crippen LogP contribution in [0.2, 0.25) is 0 Å². The summed E-state index contributed by atoms with van der Waals surface area (Å²) in [6, 6.07) is 7.75. The third-order valence-corrected chi connectivity index (χ3v) is 4.48. The minimum absolute atomic E-state index is 0.0879. The molecule has 0 saturated heterocycles. The van der Waals surface area contributed by atoms with Gasteiger partial charge >= 0.3 is 0 Å². The molecule has 0 unspecified atom stereocenters. The first-order valence-electron chi connectivity index (χ1n) is 7.63. The van der Waals surface area contributed by atoms with Gasteiger partial charge in [0.25, 0.3) is 5.91 Å². The molecular formula is C18H17N3O. The molecule has 2 aliphatic rings. The lowest BCUT2D eigenvalue weighted by molar-refractivity contribution is -0.110. The van der Waals surface area contributed by atoms with E-state index in [2.05, 4.69) is 10.3 Å². The maximum atomic E-state index is 12.2. The lowest BCUT2D eigenvalue weighted by Crippen LogP contribution is -2.09. The van der Waals surface area contributed by atoms with Crippen molar-refractivity contribution in [1.29, 1.82) is 0 Å². The normalized spacial score (nSPS) is 18.0. The molecule has 22 heavy (non-hydrogen) atoms. The van der Waals surface area contributed by atoms with Crippen LogP contribution in [-0.4, -0.2) is 10.9 Å². The van der Waals surface area contributed by atoms with Gasteiger partial charge in [-0.15, -0.1) is 0 Å². The average Bonchev–Trinajstić information content (AvgIpc) is 2.86. The predicted molar refractivity (Wildman–Crippen MR) is 88.2 cm³/mol. The zero-order valence-electron chi connectivity index (χ0n) is 12.2. The first kappa shape index (κ1) is 13.1. The van der Waals surface area contributed by atoms with Gasteiger partial charge in [0.2, 0.25) is 0 Å². The van der Waals surface area contributed by atoms with Gasteiger partial charge in [-0.1, -0.05) is 6.07 Å². The Morgan fingerprint density at radius 3 is 2.82 bits per heavy atom. The number of anilines is 2. The highest BCUT2D eigenvalue weighted by molar-refractivity contribution is 6.34. The van der Waals surface area contributed by atoms with Crippen LogP contribution in [0.3, 0.4) is 0 Å². The molecule has 110 valence electrons. The summed E-state index contributed by atoms with van der Waals surface area (Å²) >= 11 is 0. The van der Waals surface area contributed by atoms with E-state index in [0.717, 1.165) is 29.7 Å². The number of carbonyl (C=O) groups excluding carboxylic acids is 1. The van der Waals surface area contributed by atoms with Crippen molar-refractivity contribution in [3.8, 4) is 0 Å². The number of nitrogens with zero attached hydrogens (tertiary/aromatic N) is 1. The highest BCUT2D eigenvalue weighted by Gasteiger charge is 2.25. The summed E-state index contributed by atoms with van der Waals surface area (Å²) in [5.41, 5.74) is 12.2. The van der Waals surface area contributed by atoms with Crippen LogP contribution in [0.1, 0.15) is 35.1 Å². The quantitative estimate of drug-likeness (QED) is 0.627. The van der Waals surface area contributed by atoms with Crippen LogP contribution >= 0.6 is 0 Å². The topological polar surface area (TPSA) is 68.0 Å². The number of nitrogens with two attached hydrogens (primary N) is 1. The number of rotatable bonds is 1. The van der Waals surface area contributed by atoms with Crippen LogP contribution in [-0.2, 0) is 17.6 Å². The standard InChI is InChI=1S/C18H17N3O/c19-16-8-7-11(12-4-1-2-5-13(12)16)10-15-14-6-3-9-20-17(14)21-18(15)22/h3,6-10H,1-2,4-5,19H2,(H,20,21,22). The van der Waals surface area contributed by atoms with Crippen molar-refractivity contribution in [1.82, 2.24) is 4.98 Å². The van der Waals surface area contributed by atoms with Crippen molar-refractivity contribution in [2.45, 2.75) is 25.7 Å².